The van der Waals surface area contributed by atoms with Gasteiger partial charge in [-0.05, 0) is 0 Å². The van der Waals surface area contributed by atoms with Gasteiger partial charge in [-0.2, -0.15) is 0 Å². The first kappa shape index (κ1) is 26.5. The van der Waals surface area contributed by atoms with Crippen molar-refractivity contribution < 1.29 is 44.9 Å². The number of hydrogen-bond donors (Lipinski definition) is 2. The second-order valence-electron chi connectivity index (χ2n) is 7.59. The number of aliphatic hydroxyl groups excluding tert-OH is 1. The number of aliphatic hydroxyl groups is 1. The van der Waals surface area contributed by atoms with E-state index in [1.807, 2.05) is 6.07 Å². The van der Waals surface area contributed by atoms with Gasteiger partial charge in [-0.15, -0.1) is 0 Å². The van der Waals surface area contributed by atoms with Gasteiger partial charge in [0, 0.05) is 0 Å². The molecule has 2 aromatic rings. The number of nitrogens with one attached hydrogen (secondary N) is 1. The Balaban J connectivity index is 2.13. The third kappa shape index (κ3) is 5.95. The first-order valence-electron chi connectivity index (χ1n) is 9.97. The van der Waals surface area contributed by atoms with Crippen molar-refractivity contribution in [2.45, 2.75) is 32.4 Å². The number of halogens is 4. The Morgan fingerprint density at radius 1 is 1.43 bits per heavy atom. The summed E-state index contributed by atoms with van der Waals surface area (Å²) in [6.07, 6.45) is 1.35. The van der Waals surface area contributed by atoms with E-state index in [0.717, 1.165) is 17.8 Å². The van der Waals surface area contributed by atoms with Gasteiger partial charge in [-0.3, -0.25) is 0 Å². The zero-order valence-electron chi connectivity index (χ0n) is 18.5. The molecule has 1 aliphatic heterocycles. The first-order chi connectivity index (χ1) is 16.4. The van der Waals surface area contributed by atoms with Gasteiger partial charge in [-0.1, -0.05) is 0 Å². The Kier molecular flexibility index (Phi) is 8.09. The van der Waals surface area contributed by atoms with Crippen LogP contribution in [0.25, 0.3) is 0 Å². The number of ether oxygens (including phenoxy) is 1. The molecule has 0 saturated carbocycles. The van der Waals surface area contributed by atoms with E-state index in [1.54, 1.807) is 4.08 Å². The SMILES string of the molecule is C=C(C)C(F)(F)c1ncn(CC2=C[I-]NC(=O)C(C(C)O)=C2)c(=O)c1Oc1cc(Cl)cc(C#N)c1. The molecule has 1 atom stereocenters. The summed E-state index contributed by atoms with van der Waals surface area (Å²) in [5.41, 5.74) is -1.70. The molecule has 1 aromatic carbocycles. The Morgan fingerprint density at radius 3 is 2.77 bits per heavy atom. The summed E-state index contributed by atoms with van der Waals surface area (Å²) >= 11 is 5.07. The molecule has 1 aromatic heterocycles. The molecule has 0 fully saturated rings. The van der Waals surface area contributed by atoms with Gasteiger partial charge in [0.2, 0.25) is 0 Å². The van der Waals surface area contributed by atoms with Gasteiger partial charge >= 0.3 is 215 Å². The number of benzene rings is 1. The number of nitrogens with zero attached hydrogens (tertiary/aromatic N) is 3. The second kappa shape index (κ2) is 10.7. The minimum atomic E-state index is -3.69. The van der Waals surface area contributed by atoms with Crippen LogP contribution >= 0.6 is 11.6 Å². The molecule has 8 nitrogen and oxygen atoms in total. The molecule has 35 heavy (non-hydrogen) atoms. The van der Waals surface area contributed by atoms with Crippen LogP contribution in [0.5, 0.6) is 11.5 Å². The summed E-state index contributed by atoms with van der Waals surface area (Å²) in [7, 11) is 0. The number of nitriles is 1. The van der Waals surface area contributed by atoms with E-state index in [2.05, 4.69) is 15.1 Å². The second-order valence-corrected chi connectivity index (χ2v) is 9.81. The molecule has 0 saturated heterocycles. The number of allylic oxidation sites excluding steroid dienone is 3. The van der Waals surface area contributed by atoms with Crippen LogP contribution in [0.1, 0.15) is 25.1 Å². The van der Waals surface area contributed by atoms with E-state index in [4.69, 9.17) is 21.6 Å². The fraction of sp³-hybridized carbons (Fsp3) is 0.217. The quantitative estimate of drug-likeness (QED) is 0.267. The summed E-state index contributed by atoms with van der Waals surface area (Å²) in [6.45, 7) is 5.69. The van der Waals surface area contributed by atoms with Gasteiger partial charge in [0.05, 0.1) is 0 Å². The number of alkyl halides is 2. The molecule has 12 heteroatoms. The normalized spacial score (nSPS) is 14.9. The van der Waals surface area contributed by atoms with Crippen molar-refractivity contribution in [1.29, 1.82) is 5.26 Å². The van der Waals surface area contributed by atoms with Crippen molar-refractivity contribution in [1.82, 2.24) is 13.1 Å². The average molecular weight is 616 g/mol. The number of amides is 1. The van der Waals surface area contributed by atoms with E-state index in [0.29, 0.717) is 5.57 Å². The van der Waals surface area contributed by atoms with Crippen LogP contribution < -0.4 is 35.3 Å². The molecule has 0 bridgehead atoms. The predicted octanol–water partition coefficient (Wildman–Crippen LogP) is 0.553. The number of carbonyl (C=O) groups excluding carboxylic acids is 1. The van der Waals surface area contributed by atoms with E-state index in [9.17, 15) is 23.5 Å². The molecule has 184 valence electrons. The zero-order chi connectivity index (χ0) is 25.9. The van der Waals surface area contributed by atoms with Crippen molar-refractivity contribution in [3.63, 3.8) is 0 Å². The summed E-state index contributed by atoms with van der Waals surface area (Å²) in [5, 5.41) is 19.2. The van der Waals surface area contributed by atoms with Gasteiger partial charge in [0.25, 0.3) is 0 Å². The van der Waals surface area contributed by atoms with Crippen LogP contribution in [0, 0.1) is 11.3 Å². The third-order valence-electron chi connectivity index (χ3n) is 4.79. The summed E-state index contributed by atoms with van der Waals surface area (Å²) in [4.78, 5) is 29.2. The standard InChI is InChI=1S/C23H19ClF2IN4O4/c1-12(2)23(25,26)20-19(35-17-5-14(9-28)4-16(24)7-17)22(34)31(11-29-20)10-15-6-18(13(3)32)21(33)30-27-8-15/h4-8,11,13,32H,1,10H2,2-3H3,(H,30,33)/q-1. The number of hydrogen-bond acceptors (Lipinski definition) is 6. The molecule has 1 unspecified atom stereocenters. The monoisotopic (exact) mass is 615 g/mol. The summed E-state index contributed by atoms with van der Waals surface area (Å²) < 4.78 is 40.8. The van der Waals surface area contributed by atoms with Crippen molar-refractivity contribution >= 4 is 17.5 Å². The molecule has 0 aliphatic carbocycles. The fourth-order valence-corrected chi connectivity index (χ4v) is 4.74. The average Bonchev–Trinajstić information content (AvgIpc) is 2.97. The Morgan fingerprint density at radius 2 is 2.14 bits per heavy atom. The van der Waals surface area contributed by atoms with Gasteiger partial charge in [0.1, 0.15) is 0 Å². The molecule has 3 rings (SSSR count). The molecule has 1 amide bonds. The number of aromatic nitrogens is 2. The Labute approximate surface area is 214 Å². The first-order valence-corrected chi connectivity index (χ1v) is 12.7. The van der Waals surface area contributed by atoms with Gasteiger partial charge < -0.3 is 0 Å². The van der Waals surface area contributed by atoms with E-state index in [-0.39, 0.29) is 28.5 Å². The molecular weight excluding hydrogens is 597 g/mol. The van der Waals surface area contributed by atoms with Crippen LogP contribution in [-0.4, -0.2) is 26.7 Å². The third-order valence-corrected chi connectivity index (χ3v) is 6.92. The van der Waals surface area contributed by atoms with Crippen LogP contribution in [0.3, 0.4) is 0 Å². The van der Waals surface area contributed by atoms with Crippen LogP contribution in [-0.2, 0) is 17.3 Å². The maximum atomic E-state index is 14.9. The summed E-state index contributed by atoms with van der Waals surface area (Å²) in [6, 6.07) is 5.74. The molecule has 0 radical (unpaired) electrons. The van der Waals surface area contributed by atoms with Crippen molar-refractivity contribution in [3.8, 4) is 17.6 Å². The maximum absolute atomic E-state index is 14.9. The van der Waals surface area contributed by atoms with Crippen molar-refractivity contribution in [2.24, 2.45) is 0 Å². The molecule has 0 spiro atoms. The van der Waals surface area contributed by atoms with E-state index in [1.165, 1.54) is 31.2 Å². The predicted molar refractivity (Wildman–Crippen MR) is 119 cm³/mol. The topological polar surface area (TPSA) is 117 Å². The number of rotatable bonds is 7. The van der Waals surface area contributed by atoms with Gasteiger partial charge in [-0.25, -0.2) is 0 Å². The Bertz CT molecular complexity index is 1360. The van der Waals surface area contributed by atoms with Crippen LogP contribution in [0.15, 0.2) is 62.8 Å². The molecule has 2 heterocycles. The number of carbonyl (C=O) groups is 1. The van der Waals surface area contributed by atoms with Crippen molar-refractivity contribution in [2.75, 3.05) is 0 Å². The van der Waals surface area contributed by atoms with Gasteiger partial charge in [0.15, 0.2) is 0 Å². The minimum absolute atomic E-state index is 0.102. The fourth-order valence-electron chi connectivity index (χ4n) is 2.99. The van der Waals surface area contributed by atoms with E-state index < -0.39 is 62.0 Å². The molecule has 1 aliphatic rings. The zero-order valence-corrected chi connectivity index (χ0v) is 21.4. The van der Waals surface area contributed by atoms with Crippen LogP contribution in [0.4, 0.5) is 8.78 Å². The molecular formula is C23H19ClF2IN4O4-. The summed E-state index contributed by atoms with van der Waals surface area (Å²) in [5.74, 6) is -4.97. The van der Waals surface area contributed by atoms with Crippen LogP contribution in [0.2, 0.25) is 5.02 Å². The Hall–Kier alpha value is -3.08. The molecule has 2 N–H and O–H groups in total. The van der Waals surface area contributed by atoms with Crippen molar-refractivity contribution in [3.05, 3.63) is 84.6 Å². The van der Waals surface area contributed by atoms with E-state index >= 15 is 0 Å².